The molecule has 11 heteroatoms. The lowest BCUT2D eigenvalue weighted by Gasteiger charge is -2.24. The van der Waals surface area contributed by atoms with Crippen molar-refractivity contribution < 1.29 is 27.8 Å². The summed E-state index contributed by atoms with van der Waals surface area (Å²) in [6, 6.07) is 20.2. The highest BCUT2D eigenvalue weighted by molar-refractivity contribution is 5.74. The molecule has 0 aliphatic carbocycles. The quantitative estimate of drug-likeness (QED) is 0.262. The monoisotopic (exact) mass is 551 g/mol. The molecule has 0 aliphatic rings. The van der Waals surface area contributed by atoms with Crippen molar-refractivity contribution >= 4 is 17.6 Å². The molecule has 4 aromatic rings. The van der Waals surface area contributed by atoms with Crippen LogP contribution in [-0.4, -0.2) is 47.4 Å². The first-order chi connectivity index (χ1) is 18.9. The second-order valence-corrected chi connectivity index (χ2v) is 9.37. The number of anilines is 2. The summed E-state index contributed by atoms with van der Waals surface area (Å²) in [5.74, 6) is -1.74. The smallest absolute Gasteiger partial charge is 0.429 e. The number of aliphatic carboxylic acids is 1. The molecule has 2 atom stereocenters. The van der Waals surface area contributed by atoms with E-state index in [0.717, 1.165) is 5.69 Å². The van der Waals surface area contributed by atoms with Gasteiger partial charge in [0.25, 0.3) is 0 Å². The number of carboxylic acids is 1. The molecule has 1 heterocycles. The van der Waals surface area contributed by atoms with Crippen LogP contribution < -0.4 is 21.1 Å². The molecule has 4 rings (SSSR count). The number of aromatic nitrogens is 2. The van der Waals surface area contributed by atoms with Gasteiger partial charge in [0.2, 0.25) is 17.9 Å². The maximum Gasteiger partial charge on any atom is 0.429 e. The molecule has 0 radical (unpaired) electrons. The zero-order chi connectivity index (χ0) is 29.0. The van der Waals surface area contributed by atoms with E-state index < -0.39 is 24.3 Å². The number of nitrogens with zero attached hydrogens (tertiary/aromatic N) is 3. The summed E-state index contributed by atoms with van der Waals surface area (Å²) in [5.41, 5.74) is 14.6. The van der Waals surface area contributed by atoms with Crippen molar-refractivity contribution in [3.05, 3.63) is 90.0 Å². The minimum atomic E-state index is -4.78. The van der Waals surface area contributed by atoms with E-state index in [1.165, 1.54) is 18.2 Å². The number of nitrogen functional groups attached to an aromatic ring is 1. The van der Waals surface area contributed by atoms with Gasteiger partial charge in [-0.3, -0.25) is 4.79 Å². The van der Waals surface area contributed by atoms with Crippen molar-refractivity contribution in [2.24, 2.45) is 5.73 Å². The first kappa shape index (κ1) is 28.4. The SMILES string of the molecule is CN(C)c1cccc(-c2ccccc2[C@@H](Oc2cc(-c3ccc(C[C@H](N)C(=O)O)cc3)nc(N)n2)C(F)(F)F)c1. The number of ether oxygens (including phenoxy) is 1. The molecule has 3 aromatic carbocycles. The van der Waals surface area contributed by atoms with Gasteiger partial charge in [-0.1, -0.05) is 60.7 Å². The average Bonchev–Trinajstić information content (AvgIpc) is 2.91. The van der Waals surface area contributed by atoms with Crippen molar-refractivity contribution in [2.45, 2.75) is 24.7 Å². The van der Waals surface area contributed by atoms with Gasteiger partial charge in [0.05, 0.1) is 5.69 Å². The first-order valence-electron chi connectivity index (χ1n) is 12.2. The number of halogens is 3. The van der Waals surface area contributed by atoms with Crippen molar-refractivity contribution in [2.75, 3.05) is 24.7 Å². The number of hydrogen-bond acceptors (Lipinski definition) is 7. The standard InChI is InChI=1S/C29H28F3N5O3/c1-37(2)20-7-5-6-19(15-20)21-8-3-4-9-22(21)26(29(30,31)32)40-25-16-24(35-28(34)36-25)18-12-10-17(11-13-18)14-23(33)27(38)39/h3-13,15-16,23,26H,14,33H2,1-2H3,(H,38,39)(H2,34,35,36)/t23-,26+/m0/s1. The summed E-state index contributed by atoms with van der Waals surface area (Å²) in [4.78, 5) is 20.9. The van der Waals surface area contributed by atoms with Crippen LogP contribution in [0.4, 0.5) is 24.8 Å². The lowest BCUT2D eigenvalue weighted by molar-refractivity contribution is -0.198. The predicted octanol–water partition coefficient (Wildman–Crippen LogP) is 5.10. The van der Waals surface area contributed by atoms with Gasteiger partial charge in [0.15, 0.2) is 0 Å². The number of alkyl halides is 3. The second-order valence-electron chi connectivity index (χ2n) is 9.37. The Morgan fingerprint density at radius 3 is 2.33 bits per heavy atom. The molecule has 8 nitrogen and oxygen atoms in total. The zero-order valence-corrected chi connectivity index (χ0v) is 21.8. The van der Waals surface area contributed by atoms with Crippen LogP contribution in [0.3, 0.4) is 0 Å². The molecule has 0 bridgehead atoms. The average molecular weight is 552 g/mol. The van der Waals surface area contributed by atoms with Crippen LogP contribution in [0.2, 0.25) is 0 Å². The summed E-state index contributed by atoms with van der Waals surface area (Å²) in [5, 5.41) is 9.01. The fourth-order valence-corrected chi connectivity index (χ4v) is 4.17. The maximum absolute atomic E-state index is 14.5. The van der Waals surface area contributed by atoms with Crippen molar-refractivity contribution in [1.82, 2.24) is 9.97 Å². The number of carboxylic acid groups (broad SMARTS) is 1. The molecule has 40 heavy (non-hydrogen) atoms. The van der Waals surface area contributed by atoms with Crippen LogP contribution in [0.15, 0.2) is 78.9 Å². The van der Waals surface area contributed by atoms with Gasteiger partial charge in [-0.15, -0.1) is 0 Å². The van der Waals surface area contributed by atoms with Crippen LogP contribution in [0, 0.1) is 0 Å². The summed E-state index contributed by atoms with van der Waals surface area (Å²) in [6.45, 7) is 0. The number of hydrogen-bond donors (Lipinski definition) is 3. The van der Waals surface area contributed by atoms with E-state index in [2.05, 4.69) is 9.97 Å². The Bertz CT molecular complexity index is 1490. The Balaban J connectivity index is 1.68. The van der Waals surface area contributed by atoms with E-state index >= 15 is 0 Å². The van der Waals surface area contributed by atoms with Crippen molar-refractivity contribution in [3.63, 3.8) is 0 Å². The first-order valence-corrected chi connectivity index (χ1v) is 12.2. The third-order valence-corrected chi connectivity index (χ3v) is 6.20. The summed E-state index contributed by atoms with van der Waals surface area (Å²) in [6.07, 6.45) is -7.01. The highest BCUT2D eigenvalue weighted by Gasteiger charge is 2.44. The lowest BCUT2D eigenvalue weighted by Crippen LogP contribution is -2.32. The molecule has 0 amide bonds. The van der Waals surface area contributed by atoms with Gasteiger partial charge < -0.3 is 26.2 Å². The Morgan fingerprint density at radius 2 is 1.68 bits per heavy atom. The van der Waals surface area contributed by atoms with Crippen LogP contribution in [0.5, 0.6) is 5.88 Å². The molecule has 0 unspecified atom stereocenters. The van der Waals surface area contributed by atoms with Crippen LogP contribution in [-0.2, 0) is 11.2 Å². The van der Waals surface area contributed by atoms with Crippen LogP contribution >= 0.6 is 0 Å². The largest absolute Gasteiger partial charge is 0.480 e. The summed E-state index contributed by atoms with van der Waals surface area (Å²) < 4.78 is 48.9. The molecular weight excluding hydrogens is 523 g/mol. The Labute approximate surface area is 229 Å². The molecule has 0 spiro atoms. The van der Waals surface area contributed by atoms with Crippen molar-refractivity contribution in [1.29, 1.82) is 0 Å². The van der Waals surface area contributed by atoms with Gasteiger partial charge >= 0.3 is 12.1 Å². The van der Waals surface area contributed by atoms with E-state index in [1.807, 2.05) is 25.1 Å². The van der Waals surface area contributed by atoms with Gasteiger partial charge in [-0.2, -0.15) is 18.2 Å². The van der Waals surface area contributed by atoms with Gasteiger partial charge in [-0.25, -0.2) is 4.98 Å². The molecule has 0 saturated carbocycles. The highest BCUT2D eigenvalue weighted by atomic mass is 19.4. The lowest BCUT2D eigenvalue weighted by atomic mass is 9.95. The molecule has 0 aliphatic heterocycles. The molecule has 1 aromatic heterocycles. The molecule has 0 saturated heterocycles. The zero-order valence-electron chi connectivity index (χ0n) is 21.8. The Morgan fingerprint density at radius 1 is 0.975 bits per heavy atom. The van der Waals surface area contributed by atoms with E-state index in [-0.39, 0.29) is 29.5 Å². The number of carbonyl (C=O) groups is 1. The Hall–Kier alpha value is -4.64. The fraction of sp³-hybridized carbons (Fsp3) is 0.207. The van der Waals surface area contributed by atoms with Crippen LogP contribution in [0.25, 0.3) is 22.4 Å². The van der Waals surface area contributed by atoms with E-state index in [9.17, 15) is 18.0 Å². The van der Waals surface area contributed by atoms with E-state index in [4.69, 9.17) is 21.3 Å². The molecular formula is C29H28F3N5O3. The van der Waals surface area contributed by atoms with Gasteiger partial charge in [0, 0.05) is 37.0 Å². The fourth-order valence-electron chi connectivity index (χ4n) is 4.17. The molecule has 5 N–H and O–H groups in total. The van der Waals surface area contributed by atoms with E-state index in [0.29, 0.717) is 22.3 Å². The minimum Gasteiger partial charge on any atom is -0.480 e. The summed E-state index contributed by atoms with van der Waals surface area (Å²) in [7, 11) is 3.70. The number of rotatable bonds is 9. The molecule has 0 fully saturated rings. The molecule has 208 valence electrons. The maximum atomic E-state index is 14.5. The van der Waals surface area contributed by atoms with Crippen LogP contribution in [0.1, 0.15) is 17.2 Å². The van der Waals surface area contributed by atoms with Crippen molar-refractivity contribution in [3.8, 4) is 28.3 Å². The summed E-state index contributed by atoms with van der Waals surface area (Å²) >= 11 is 0. The Kier molecular flexibility index (Phi) is 8.24. The third-order valence-electron chi connectivity index (χ3n) is 6.20. The van der Waals surface area contributed by atoms with Gasteiger partial charge in [0.1, 0.15) is 6.04 Å². The highest BCUT2D eigenvalue weighted by Crippen LogP contribution is 2.41. The second kappa shape index (κ2) is 11.6. The minimum absolute atomic E-state index is 0.0799. The topological polar surface area (TPSA) is 128 Å². The van der Waals surface area contributed by atoms with Gasteiger partial charge in [-0.05, 0) is 35.2 Å². The predicted molar refractivity (Wildman–Crippen MR) is 147 cm³/mol. The normalized spacial score (nSPS) is 12.9. The third kappa shape index (κ3) is 6.67. The van der Waals surface area contributed by atoms with E-state index in [1.54, 1.807) is 54.6 Å². The number of benzene rings is 3. The number of nitrogens with two attached hydrogens (primary N) is 2.